The molecule has 0 aliphatic carbocycles. The summed E-state index contributed by atoms with van der Waals surface area (Å²) in [6, 6.07) is 7.92. The molecular formula is C16H14BrN3OS. The van der Waals surface area contributed by atoms with Crippen LogP contribution in [0, 0.1) is 6.92 Å². The van der Waals surface area contributed by atoms with Crippen molar-refractivity contribution in [1.29, 1.82) is 0 Å². The molecule has 0 saturated heterocycles. The maximum absolute atomic E-state index is 11.8. The van der Waals surface area contributed by atoms with E-state index in [2.05, 4.69) is 26.2 Å². The minimum atomic E-state index is -0.127. The fraction of sp³-hybridized carbons (Fsp3) is 0.125. The molecule has 22 heavy (non-hydrogen) atoms. The van der Waals surface area contributed by atoms with Crippen molar-refractivity contribution in [2.75, 3.05) is 0 Å². The minimum absolute atomic E-state index is 0.127. The van der Waals surface area contributed by atoms with Crippen LogP contribution in [0.4, 0.5) is 0 Å². The Hall–Kier alpha value is -1.92. The molecule has 0 spiro atoms. The number of hydrogen-bond donors (Lipinski definition) is 1. The van der Waals surface area contributed by atoms with E-state index in [0.29, 0.717) is 6.54 Å². The normalized spacial score (nSPS) is 11.4. The highest BCUT2D eigenvalue weighted by atomic mass is 79.9. The smallest absolute Gasteiger partial charge is 0.244 e. The molecule has 6 heteroatoms. The zero-order valence-corrected chi connectivity index (χ0v) is 14.3. The fourth-order valence-electron chi connectivity index (χ4n) is 2.10. The lowest BCUT2D eigenvalue weighted by atomic mass is 10.3. The molecule has 3 aromatic heterocycles. The molecule has 3 aromatic rings. The molecule has 3 rings (SSSR count). The number of hydrogen-bond acceptors (Lipinski definition) is 3. The molecule has 0 saturated carbocycles. The van der Waals surface area contributed by atoms with Crippen molar-refractivity contribution in [2.24, 2.45) is 0 Å². The summed E-state index contributed by atoms with van der Waals surface area (Å²) in [6.45, 7) is 2.44. The Morgan fingerprint density at radius 2 is 2.32 bits per heavy atom. The lowest BCUT2D eigenvalue weighted by Gasteiger charge is -1.97. The van der Waals surface area contributed by atoms with Gasteiger partial charge in [0.1, 0.15) is 5.65 Å². The minimum Gasteiger partial charge on any atom is -0.347 e. The number of imidazole rings is 1. The number of pyridine rings is 1. The number of thiophene rings is 1. The van der Waals surface area contributed by atoms with E-state index in [1.54, 1.807) is 23.5 Å². The van der Waals surface area contributed by atoms with Crippen molar-refractivity contribution in [1.82, 2.24) is 14.7 Å². The van der Waals surface area contributed by atoms with Gasteiger partial charge in [-0.15, -0.1) is 11.3 Å². The topological polar surface area (TPSA) is 46.4 Å². The molecule has 4 nitrogen and oxygen atoms in total. The first-order valence-corrected chi connectivity index (χ1v) is 8.37. The Labute approximate surface area is 140 Å². The summed E-state index contributed by atoms with van der Waals surface area (Å²) in [4.78, 5) is 17.4. The van der Waals surface area contributed by atoms with Gasteiger partial charge in [0.15, 0.2) is 0 Å². The molecule has 0 unspecified atom stereocenters. The molecule has 0 aromatic carbocycles. The second kappa shape index (κ2) is 6.46. The maximum Gasteiger partial charge on any atom is 0.244 e. The van der Waals surface area contributed by atoms with E-state index in [1.807, 2.05) is 48.0 Å². The van der Waals surface area contributed by atoms with Gasteiger partial charge < -0.3 is 9.72 Å². The van der Waals surface area contributed by atoms with Crippen LogP contribution in [0.2, 0.25) is 0 Å². The van der Waals surface area contributed by atoms with Crippen LogP contribution in [0.3, 0.4) is 0 Å². The monoisotopic (exact) mass is 375 g/mol. The summed E-state index contributed by atoms with van der Waals surface area (Å²) in [5.74, 6) is -0.127. The maximum atomic E-state index is 11.8. The predicted molar refractivity (Wildman–Crippen MR) is 92.8 cm³/mol. The lowest BCUT2D eigenvalue weighted by Crippen LogP contribution is -2.20. The number of aryl methyl sites for hydroxylation is 1. The van der Waals surface area contributed by atoms with E-state index >= 15 is 0 Å². The van der Waals surface area contributed by atoms with Crippen LogP contribution in [-0.4, -0.2) is 15.3 Å². The Bertz CT molecular complexity index is 850. The second-order valence-corrected chi connectivity index (χ2v) is 7.34. The van der Waals surface area contributed by atoms with Gasteiger partial charge >= 0.3 is 0 Å². The first-order chi connectivity index (χ1) is 10.6. The number of aromatic nitrogens is 2. The highest BCUT2D eigenvalue weighted by Crippen LogP contribution is 2.22. The molecule has 0 aliphatic heterocycles. The Kier molecular flexibility index (Phi) is 4.40. The zero-order chi connectivity index (χ0) is 15.5. The van der Waals surface area contributed by atoms with E-state index < -0.39 is 0 Å². The number of nitrogens with zero attached hydrogens (tertiary/aromatic N) is 2. The van der Waals surface area contributed by atoms with Crippen LogP contribution >= 0.6 is 27.3 Å². The number of halogens is 1. The molecule has 1 N–H and O–H groups in total. The number of carbonyl (C=O) groups is 1. The van der Waals surface area contributed by atoms with Gasteiger partial charge in [0.2, 0.25) is 5.91 Å². The summed E-state index contributed by atoms with van der Waals surface area (Å²) >= 11 is 4.98. The van der Waals surface area contributed by atoms with Gasteiger partial charge in [0.05, 0.1) is 16.0 Å². The molecule has 112 valence electrons. The van der Waals surface area contributed by atoms with E-state index in [9.17, 15) is 4.79 Å². The highest BCUT2D eigenvalue weighted by Gasteiger charge is 2.04. The summed E-state index contributed by atoms with van der Waals surface area (Å²) in [5, 5.41) is 2.85. The van der Waals surface area contributed by atoms with Crippen LogP contribution < -0.4 is 5.32 Å². The van der Waals surface area contributed by atoms with Gasteiger partial charge in [0, 0.05) is 23.3 Å². The molecule has 3 heterocycles. The zero-order valence-electron chi connectivity index (χ0n) is 11.9. The molecular weight excluding hydrogens is 362 g/mol. The third kappa shape index (κ3) is 3.45. The quantitative estimate of drug-likeness (QED) is 0.705. The largest absolute Gasteiger partial charge is 0.347 e. The lowest BCUT2D eigenvalue weighted by molar-refractivity contribution is -0.116. The third-order valence-electron chi connectivity index (χ3n) is 3.16. The molecule has 0 aliphatic rings. The standard InChI is InChI=1S/C16H14BrN3OS/c1-11-3-2-8-20-10-12(19-16(11)20)9-18-15(21)7-5-13-4-6-14(17)22-13/h2-8,10H,9H2,1H3,(H,18,21)/b7-5+. The van der Waals surface area contributed by atoms with Crippen LogP contribution in [0.25, 0.3) is 11.7 Å². The average molecular weight is 376 g/mol. The van der Waals surface area contributed by atoms with E-state index in [1.165, 1.54) is 0 Å². The van der Waals surface area contributed by atoms with Gasteiger partial charge in [-0.25, -0.2) is 4.98 Å². The molecule has 1 amide bonds. The Balaban J connectivity index is 1.62. The average Bonchev–Trinajstić information content (AvgIpc) is 3.10. The van der Waals surface area contributed by atoms with E-state index in [0.717, 1.165) is 25.6 Å². The highest BCUT2D eigenvalue weighted by molar-refractivity contribution is 9.11. The Morgan fingerprint density at radius 1 is 1.45 bits per heavy atom. The van der Waals surface area contributed by atoms with Crippen molar-refractivity contribution in [3.05, 3.63) is 62.7 Å². The van der Waals surface area contributed by atoms with Crippen molar-refractivity contribution < 1.29 is 4.79 Å². The molecule has 0 bridgehead atoms. The number of nitrogens with one attached hydrogen (secondary N) is 1. The van der Waals surface area contributed by atoms with E-state index in [4.69, 9.17) is 0 Å². The van der Waals surface area contributed by atoms with E-state index in [-0.39, 0.29) is 5.91 Å². The van der Waals surface area contributed by atoms with Gasteiger partial charge in [0.25, 0.3) is 0 Å². The van der Waals surface area contributed by atoms with Gasteiger partial charge in [-0.05, 0) is 52.7 Å². The summed E-state index contributed by atoms with van der Waals surface area (Å²) in [5.41, 5.74) is 2.88. The first kappa shape index (κ1) is 15.0. The fourth-order valence-corrected chi connectivity index (χ4v) is 3.43. The Morgan fingerprint density at radius 3 is 3.05 bits per heavy atom. The predicted octanol–water partition coefficient (Wildman–Crippen LogP) is 3.80. The second-order valence-electron chi connectivity index (χ2n) is 4.85. The summed E-state index contributed by atoms with van der Waals surface area (Å²) < 4.78 is 3.02. The van der Waals surface area contributed by atoms with Crippen LogP contribution in [0.1, 0.15) is 16.1 Å². The van der Waals surface area contributed by atoms with Crippen LogP contribution in [-0.2, 0) is 11.3 Å². The molecule has 0 radical (unpaired) electrons. The van der Waals surface area contributed by atoms with Crippen molar-refractivity contribution >= 4 is 44.9 Å². The van der Waals surface area contributed by atoms with Crippen molar-refractivity contribution in [2.45, 2.75) is 13.5 Å². The molecule has 0 fully saturated rings. The van der Waals surface area contributed by atoms with Crippen LogP contribution in [0.5, 0.6) is 0 Å². The van der Waals surface area contributed by atoms with Crippen molar-refractivity contribution in [3.8, 4) is 0 Å². The van der Waals surface area contributed by atoms with Crippen molar-refractivity contribution in [3.63, 3.8) is 0 Å². The number of fused-ring (bicyclic) bond motifs is 1. The van der Waals surface area contributed by atoms with Gasteiger partial charge in [-0.1, -0.05) is 6.07 Å². The van der Waals surface area contributed by atoms with Gasteiger partial charge in [-0.3, -0.25) is 4.79 Å². The number of amides is 1. The first-order valence-electron chi connectivity index (χ1n) is 6.76. The number of carbonyl (C=O) groups excluding carboxylic acids is 1. The summed E-state index contributed by atoms with van der Waals surface area (Å²) in [7, 11) is 0. The SMILES string of the molecule is Cc1cccn2cc(CNC(=O)/C=C/c3ccc(Br)s3)nc12. The van der Waals surface area contributed by atoms with Gasteiger partial charge in [-0.2, -0.15) is 0 Å². The van der Waals surface area contributed by atoms with Crippen LogP contribution in [0.15, 0.2) is 46.5 Å². The summed E-state index contributed by atoms with van der Waals surface area (Å²) in [6.07, 6.45) is 7.23. The third-order valence-corrected chi connectivity index (χ3v) is 4.75. The number of rotatable bonds is 4. The molecule has 0 atom stereocenters.